The van der Waals surface area contributed by atoms with Gasteiger partial charge in [0.15, 0.2) is 4.80 Å². The lowest BCUT2D eigenvalue weighted by molar-refractivity contribution is -0.141. The number of thiazole rings is 1. The molecule has 1 unspecified atom stereocenters. The molecule has 2 aromatic carbocycles. The highest BCUT2D eigenvalue weighted by Crippen LogP contribution is 2.28. The number of rotatable bonds is 7. The smallest absolute Gasteiger partial charge is 0.325 e. The van der Waals surface area contributed by atoms with Crippen LogP contribution < -0.4 is 9.54 Å². The Labute approximate surface area is 214 Å². The number of ether oxygens (including phenoxy) is 2. The number of aromatic nitrogens is 1. The molecule has 11 heteroatoms. The van der Waals surface area contributed by atoms with Gasteiger partial charge in [-0.05, 0) is 60.7 Å². The van der Waals surface area contributed by atoms with E-state index in [0.29, 0.717) is 29.3 Å². The molecule has 192 valence electrons. The van der Waals surface area contributed by atoms with Crippen LogP contribution in [0.3, 0.4) is 0 Å². The monoisotopic (exact) mass is 531 g/mol. The molecule has 9 nitrogen and oxygen atoms in total. The zero-order valence-corrected chi connectivity index (χ0v) is 22.3. The fraction of sp³-hybridized carbons (Fsp3) is 0.400. The second kappa shape index (κ2) is 10.5. The van der Waals surface area contributed by atoms with Gasteiger partial charge in [0.2, 0.25) is 10.0 Å². The highest BCUT2D eigenvalue weighted by Gasteiger charge is 2.39. The molecule has 1 fully saturated rings. The maximum Gasteiger partial charge on any atom is 0.325 e. The lowest BCUT2D eigenvalue weighted by Crippen LogP contribution is -2.40. The van der Waals surface area contributed by atoms with E-state index < -0.39 is 27.9 Å². The summed E-state index contributed by atoms with van der Waals surface area (Å²) in [4.78, 5) is 30.2. The van der Waals surface area contributed by atoms with Crippen LogP contribution in [0.15, 0.2) is 52.4 Å². The molecule has 0 N–H and O–H groups in total. The van der Waals surface area contributed by atoms with Crippen molar-refractivity contribution in [3.63, 3.8) is 0 Å². The second-order valence-corrected chi connectivity index (χ2v) is 11.7. The van der Waals surface area contributed by atoms with Gasteiger partial charge in [0.25, 0.3) is 5.91 Å². The molecule has 36 heavy (non-hydrogen) atoms. The van der Waals surface area contributed by atoms with Crippen LogP contribution >= 0.6 is 11.3 Å². The molecular formula is C25H29N3O6S2. The van der Waals surface area contributed by atoms with Crippen LogP contribution in [-0.2, 0) is 30.9 Å². The van der Waals surface area contributed by atoms with Gasteiger partial charge in [0.1, 0.15) is 18.3 Å². The van der Waals surface area contributed by atoms with E-state index in [0.717, 1.165) is 15.8 Å². The quantitative estimate of drug-likeness (QED) is 0.433. The molecule has 0 aliphatic carbocycles. The molecule has 0 saturated carbocycles. The molecule has 2 heterocycles. The van der Waals surface area contributed by atoms with E-state index >= 15 is 0 Å². The number of sulfonamides is 1. The van der Waals surface area contributed by atoms with Crippen LogP contribution in [0.2, 0.25) is 0 Å². The standard InChI is InChI=1S/C25H29N3O6S2/c1-16(2)17-7-12-20-22(14-17)35-25(27(20)15-23(29)34-4)26-24(30)21-6-5-13-28(21)36(31,32)19-10-8-18(33-3)9-11-19/h7-12,14,16,21H,5-6,13,15H2,1-4H3. The number of methoxy groups -OCH3 is 2. The molecule has 3 aromatic rings. The topological polar surface area (TPSA) is 107 Å². The van der Waals surface area contributed by atoms with Crippen molar-refractivity contribution in [2.24, 2.45) is 4.99 Å². The Bertz CT molecular complexity index is 1460. The van der Waals surface area contributed by atoms with E-state index in [1.165, 1.54) is 42.0 Å². The van der Waals surface area contributed by atoms with Crippen molar-refractivity contribution in [1.82, 2.24) is 8.87 Å². The second-order valence-electron chi connectivity index (χ2n) is 8.83. The fourth-order valence-corrected chi connectivity index (χ4v) is 6.94. The summed E-state index contributed by atoms with van der Waals surface area (Å²) < 4.78 is 40.3. The molecule has 1 atom stereocenters. The van der Waals surface area contributed by atoms with E-state index in [4.69, 9.17) is 9.47 Å². The summed E-state index contributed by atoms with van der Waals surface area (Å²) in [7, 11) is -1.10. The summed E-state index contributed by atoms with van der Waals surface area (Å²) in [6.45, 7) is 4.29. The molecule has 0 spiro atoms. The minimum Gasteiger partial charge on any atom is -0.497 e. The van der Waals surface area contributed by atoms with Gasteiger partial charge >= 0.3 is 5.97 Å². The minimum atomic E-state index is -3.90. The predicted molar refractivity (Wildman–Crippen MR) is 136 cm³/mol. The van der Waals surface area contributed by atoms with Crippen molar-refractivity contribution in [3.05, 3.63) is 52.8 Å². The van der Waals surface area contributed by atoms with Gasteiger partial charge in [0.05, 0.1) is 29.3 Å². The third-order valence-corrected chi connectivity index (χ3v) is 9.21. The molecule has 1 amide bonds. The van der Waals surface area contributed by atoms with Crippen LogP contribution in [0.25, 0.3) is 10.2 Å². The van der Waals surface area contributed by atoms with Gasteiger partial charge in [-0.3, -0.25) is 9.59 Å². The van der Waals surface area contributed by atoms with E-state index in [9.17, 15) is 18.0 Å². The van der Waals surface area contributed by atoms with Gasteiger partial charge in [-0.15, -0.1) is 0 Å². The number of fused-ring (bicyclic) bond motifs is 1. The molecule has 1 aromatic heterocycles. The summed E-state index contributed by atoms with van der Waals surface area (Å²) >= 11 is 1.29. The lowest BCUT2D eigenvalue weighted by atomic mass is 10.0. The third-order valence-electron chi connectivity index (χ3n) is 6.25. The third kappa shape index (κ3) is 5.09. The lowest BCUT2D eigenvalue weighted by Gasteiger charge is -2.21. The Hall–Kier alpha value is -3.02. The van der Waals surface area contributed by atoms with E-state index in [1.807, 2.05) is 18.2 Å². The molecule has 1 aliphatic rings. The molecule has 4 rings (SSSR count). The zero-order valence-electron chi connectivity index (χ0n) is 20.6. The Morgan fingerprint density at radius 3 is 2.50 bits per heavy atom. The normalized spacial score (nSPS) is 17.1. The Kier molecular flexibility index (Phi) is 7.62. The number of benzene rings is 2. The van der Waals surface area contributed by atoms with Gasteiger partial charge in [0, 0.05) is 6.54 Å². The Morgan fingerprint density at radius 2 is 1.86 bits per heavy atom. The average molecular weight is 532 g/mol. The first-order valence-electron chi connectivity index (χ1n) is 11.6. The maximum atomic E-state index is 13.3. The van der Waals surface area contributed by atoms with Crippen molar-refractivity contribution < 1.29 is 27.5 Å². The SMILES string of the molecule is COC(=O)Cn1c(=NC(=O)C2CCCN2S(=O)(=O)c2ccc(OC)cc2)sc2cc(C(C)C)ccc21. The number of hydrogen-bond donors (Lipinski definition) is 0. The predicted octanol–water partition coefficient (Wildman–Crippen LogP) is 3.29. The molecule has 1 saturated heterocycles. The average Bonchev–Trinajstić information content (AvgIpc) is 3.49. The number of hydrogen-bond acceptors (Lipinski definition) is 7. The number of carbonyl (C=O) groups excluding carboxylic acids is 2. The molecule has 0 bridgehead atoms. The Morgan fingerprint density at radius 1 is 1.14 bits per heavy atom. The van der Waals surface area contributed by atoms with Crippen LogP contribution in [-0.4, -0.2) is 56.0 Å². The summed E-state index contributed by atoms with van der Waals surface area (Å²) in [6, 6.07) is 11.1. The number of carbonyl (C=O) groups is 2. The molecule has 0 radical (unpaired) electrons. The van der Waals surface area contributed by atoms with Gasteiger partial charge in [-0.25, -0.2) is 8.42 Å². The van der Waals surface area contributed by atoms with Crippen LogP contribution in [0.5, 0.6) is 5.75 Å². The minimum absolute atomic E-state index is 0.0897. The number of esters is 1. The highest BCUT2D eigenvalue weighted by molar-refractivity contribution is 7.89. The first kappa shape index (κ1) is 26.1. The van der Waals surface area contributed by atoms with Crippen molar-refractivity contribution in [2.45, 2.75) is 50.1 Å². The van der Waals surface area contributed by atoms with Crippen molar-refractivity contribution in [2.75, 3.05) is 20.8 Å². The number of amides is 1. The first-order chi connectivity index (χ1) is 17.1. The van der Waals surface area contributed by atoms with E-state index in [2.05, 4.69) is 18.8 Å². The maximum absolute atomic E-state index is 13.3. The molecule has 1 aliphatic heterocycles. The number of nitrogens with zero attached hydrogens (tertiary/aromatic N) is 3. The van der Waals surface area contributed by atoms with Crippen LogP contribution in [0.1, 0.15) is 38.2 Å². The van der Waals surface area contributed by atoms with Crippen LogP contribution in [0, 0.1) is 0 Å². The summed E-state index contributed by atoms with van der Waals surface area (Å²) in [6.07, 6.45) is 0.921. The zero-order chi connectivity index (χ0) is 26.0. The fourth-order valence-electron chi connectivity index (χ4n) is 4.21. The highest BCUT2D eigenvalue weighted by atomic mass is 32.2. The summed E-state index contributed by atoms with van der Waals surface area (Å²) in [5.41, 5.74) is 1.88. The van der Waals surface area contributed by atoms with Crippen molar-refractivity contribution in [3.8, 4) is 5.75 Å². The van der Waals surface area contributed by atoms with E-state index in [1.54, 1.807) is 16.7 Å². The van der Waals surface area contributed by atoms with Crippen molar-refractivity contribution in [1.29, 1.82) is 0 Å². The van der Waals surface area contributed by atoms with Gasteiger partial charge in [-0.2, -0.15) is 9.30 Å². The van der Waals surface area contributed by atoms with Gasteiger partial charge in [-0.1, -0.05) is 31.3 Å². The van der Waals surface area contributed by atoms with E-state index in [-0.39, 0.29) is 18.0 Å². The molecular weight excluding hydrogens is 502 g/mol. The largest absolute Gasteiger partial charge is 0.497 e. The Balaban J connectivity index is 1.73. The first-order valence-corrected chi connectivity index (χ1v) is 13.9. The summed E-state index contributed by atoms with van der Waals surface area (Å²) in [5.74, 6) is -0.179. The van der Waals surface area contributed by atoms with Crippen LogP contribution in [0.4, 0.5) is 0 Å². The summed E-state index contributed by atoms with van der Waals surface area (Å²) in [5, 5.41) is 0. The van der Waals surface area contributed by atoms with Gasteiger partial charge < -0.3 is 14.0 Å². The van der Waals surface area contributed by atoms with Crippen molar-refractivity contribution >= 4 is 43.5 Å².